The van der Waals surface area contributed by atoms with Crippen molar-refractivity contribution in [2.75, 3.05) is 0 Å². The number of hydrogen-bond acceptors (Lipinski definition) is 3. The molecule has 0 bridgehead atoms. The lowest BCUT2D eigenvalue weighted by molar-refractivity contribution is -0.123. The van der Waals surface area contributed by atoms with Crippen molar-refractivity contribution < 1.29 is 18.7 Å². The lowest BCUT2D eigenvalue weighted by Gasteiger charge is -2.09. The van der Waals surface area contributed by atoms with E-state index in [4.69, 9.17) is 16.3 Å². The van der Waals surface area contributed by atoms with Gasteiger partial charge in [-0.1, -0.05) is 35.9 Å². The Hall–Kier alpha value is -3.38. The van der Waals surface area contributed by atoms with Gasteiger partial charge in [0.2, 0.25) is 5.91 Å². The zero-order valence-corrected chi connectivity index (χ0v) is 17.2. The molecule has 3 aromatic rings. The molecule has 158 valence electrons. The van der Waals surface area contributed by atoms with Crippen molar-refractivity contribution in [3.8, 4) is 5.75 Å². The van der Waals surface area contributed by atoms with Crippen LogP contribution in [0.3, 0.4) is 0 Å². The van der Waals surface area contributed by atoms with Crippen molar-refractivity contribution in [2.24, 2.45) is 5.92 Å². The predicted octanol–water partition coefficient (Wildman–Crippen LogP) is 4.62. The van der Waals surface area contributed by atoms with E-state index in [0.717, 1.165) is 11.1 Å². The first kappa shape index (κ1) is 20.9. The minimum atomic E-state index is -0.405. The summed E-state index contributed by atoms with van der Waals surface area (Å²) in [5.74, 6) is -0.433. The van der Waals surface area contributed by atoms with Crippen molar-refractivity contribution in [3.63, 3.8) is 0 Å². The van der Waals surface area contributed by atoms with Crippen molar-refractivity contribution in [2.45, 2.75) is 18.9 Å². The Bertz CT molecular complexity index is 1070. The van der Waals surface area contributed by atoms with Gasteiger partial charge in [-0.25, -0.2) is 4.39 Å². The van der Waals surface area contributed by atoms with Crippen LogP contribution < -0.4 is 15.6 Å². The molecule has 0 radical (unpaired) electrons. The average molecular weight is 439 g/mol. The largest absolute Gasteiger partial charge is 0.489 e. The molecule has 1 aliphatic carbocycles. The second kappa shape index (κ2) is 9.18. The van der Waals surface area contributed by atoms with Gasteiger partial charge in [0.1, 0.15) is 18.2 Å². The molecule has 4 rings (SSSR count). The molecule has 7 heteroatoms. The number of carbonyl (C=O) groups is 2. The summed E-state index contributed by atoms with van der Waals surface area (Å²) in [6, 6.07) is 20.1. The van der Waals surface area contributed by atoms with E-state index in [1.54, 1.807) is 60.7 Å². The number of carbonyl (C=O) groups excluding carboxylic acids is 2. The first-order valence-electron chi connectivity index (χ1n) is 9.82. The smallest absolute Gasteiger partial charge is 0.269 e. The summed E-state index contributed by atoms with van der Waals surface area (Å²) in [7, 11) is 0. The highest BCUT2D eigenvalue weighted by atomic mass is 35.5. The summed E-state index contributed by atoms with van der Waals surface area (Å²) in [6.45, 7) is 0.354. The number of nitrogens with one attached hydrogen (secondary N) is 2. The van der Waals surface area contributed by atoms with Gasteiger partial charge in [-0.2, -0.15) is 0 Å². The standard InChI is InChI=1S/C24H20ClFN2O3/c25-18-7-11-20(12-8-18)31-14-15-1-3-17(4-2-15)23(29)27-28-24(30)22-13-21(22)16-5-9-19(26)10-6-16/h1-12,21-22H,13-14H2,(H,27,29)(H,28,30). The van der Waals surface area contributed by atoms with Gasteiger partial charge < -0.3 is 4.74 Å². The number of rotatable bonds is 6. The fourth-order valence-electron chi connectivity index (χ4n) is 3.30. The zero-order valence-electron chi connectivity index (χ0n) is 16.5. The summed E-state index contributed by atoms with van der Waals surface area (Å²) in [4.78, 5) is 24.6. The third-order valence-corrected chi connectivity index (χ3v) is 5.41. The van der Waals surface area contributed by atoms with Crippen molar-refractivity contribution >= 4 is 23.4 Å². The highest BCUT2D eigenvalue weighted by molar-refractivity contribution is 6.30. The van der Waals surface area contributed by atoms with Gasteiger partial charge in [0.15, 0.2) is 0 Å². The lowest BCUT2D eigenvalue weighted by atomic mass is 10.1. The van der Waals surface area contributed by atoms with Gasteiger partial charge in [0.25, 0.3) is 5.91 Å². The summed E-state index contributed by atoms with van der Waals surface area (Å²) in [5, 5.41) is 0.641. The predicted molar refractivity (Wildman–Crippen MR) is 115 cm³/mol. The molecule has 0 spiro atoms. The minimum absolute atomic E-state index is 0.0532. The van der Waals surface area contributed by atoms with E-state index in [-0.39, 0.29) is 23.6 Å². The van der Waals surface area contributed by atoms with Crippen molar-refractivity contribution in [1.29, 1.82) is 0 Å². The van der Waals surface area contributed by atoms with E-state index >= 15 is 0 Å². The Morgan fingerprint density at radius 1 is 0.935 bits per heavy atom. The lowest BCUT2D eigenvalue weighted by Crippen LogP contribution is -2.42. The molecule has 31 heavy (non-hydrogen) atoms. The Kier molecular flexibility index (Phi) is 6.18. The molecule has 5 nitrogen and oxygen atoms in total. The number of halogens is 2. The molecular formula is C24H20ClFN2O3. The Morgan fingerprint density at radius 3 is 2.29 bits per heavy atom. The number of benzene rings is 3. The van der Waals surface area contributed by atoms with Gasteiger partial charge >= 0.3 is 0 Å². The molecule has 0 aliphatic heterocycles. The fraction of sp³-hybridized carbons (Fsp3) is 0.167. The monoisotopic (exact) mass is 438 g/mol. The molecule has 2 amide bonds. The van der Waals surface area contributed by atoms with E-state index in [1.165, 1.54) is 12.1 Å². The van der Waals surface area contributed by atoms with E-state index in [2.05, 4.69) is 10.9 Å². The second-order valence-corrected chi connectivity index (χ2v) is 7.82. The molecule has 3 aromatic carbocycles. The first-order valence-corrected chi connectivity index (χ1v) is 10.2. The van der Waals surface area contributed by atoms with Crippen LogP contribution in [0.4, 0.5) is 4.39 Å². The number of hydrogen-bond donors (Lipinski definition) is 2. The molecule has 0 heterocycles. The van der Waals surface area contributed by atoms with Crippen LogP contribution in [0.25, 0.3) is 0 Å². The van der Waals surface area contributed by atoms with E-state index in [0.29, 0.717) is 29.4 Å². The maximum atomic E-state index is 13.0. The average Bonchev–Trinajstić information content (AvgIpc) is 3.59. The van der Waals surface area contributed by atoms with E-state index in [9.17, 15) is 14.0 Å². The van der Waals surface area contributed by atoms with Crippen LogP contribution in [0.2, 0.25) is 5.02 Å². The van der Waals surface area contributed by atoms with Gasteiger partial charge in [0, 0.05) is 16.5 Å². The van der Waals surface area contributed by atoms with Crippen LogP contribution >= 0.6 is 11.6 Å². The molecule has 2 unspecified atom stereocenters. The molecule has 1 fully saturated rings. The molecular weight excluding hydrogens is 419 g/mol. The normalized spacial score (nSPS) is 17.0. The van der Waals surface area contributed by atoms with Crippen molar-refractivity contribution in [1.82, 2.24) is 10.9 Å². The van der Waals surface area contributed by atoms with Crippen LogP contribution in [0.5, 0.6) is 5.75 Å². The minimum Gasteiger partial charge on any atom is -0.489 e. The van der Waals surface area contributed by atoms with E-state index in [1.807, 2.05) is 0 Å². The summed E-state index contributed by atoms with van der Waals surface area (Å²) < 4.78 is 18.7. The maximum absolute atomic E-state index is 13.0. The zero-order chi connectivity index (χ0) is 21.8. The quantitative estimate of drug-likeness (QED) is 0.552. The van der Waals surface area contributed by atoms with Gasteiger partial charge in [-0.05, 0) is 72.0 Å². The molecule has 0 saturated heterocycles. The summed E-state index contributed by atoms with van der Waals surface area (Å²) in [6.07, 6.45) is 0.676. The Labute approximate surface area is 184 Å². The highest BCUT2D eigenvalue weighted by Gasteiger charge is 2.44. The third kappa shape index (κ3) is 5.41. The number of amides is 2. The molecule has 2 atom stereocenters. The van der Waals surface area contributed by atoms with Crippen LogP contribution in [0.1, 0.15) is 33.8 Å². The fourth-order valence-corrected chi connectivity index (χ4v) is 3.42. The van der Waals surface area contributed by atoms with Gasteiger partial charge in [-0.15, -0.1) is 0 Å². The van der Waals surface area contributed by atoms with Gasteiger partial charge in [-0.3, -0.25) is 20.4 Å². The molecule has 1 saturated carbocycles. The highest BCUT2D eigenvalue weighted by Crippen LogP contribution is 2.47. The van der Waals surface area contributed by atoms with Crippen LogP contribution in [0.15, 0.2) is 72.8 Å². The summed E-state index contributed by atoms with van der Waals surface area (Å²) in [5.41, 5.74) is 7.15. The molecule has 2 N–H and O–H groups in total. The molecule has 1 aliphatic rings. The molecule has 0 aromatic heterocycles. The van der Waals surface area contributed by atoms with Crippen molar-refractivity contribution in [3.05, 3.63) is 100 Å². The second-order valence-electron chi connectivity index (χ2n) is 7.38. The summed E-state index contributed by atoms with van der Waals surface area (Å²) >= 11 is 5.85. The maximum Gasteiger partial charge on any atom is 0.269 e. The third-order valence-electron chi connectivity index (χ3n) is 5.16. The van der Waals surface area contributed by atoms with Crippen LogP contribution in [-0.2, 0) is 11.4 Å². The van der Waals surface area contributed by atoms with Crippen LogP contribution in [0, 0.1) is 11.7 Å². The SMILES string of the molecule is O=C(NNC(=O)C1CC1c1ccc(F)cc1)c1ccc(COc2ccc(Cl)cc2)cc1. The Morgan fingerprint density at radius 2 is 1.61 bits per heavy atom. The number of ether oxygens (including phenoxy) is 1. The first-order chi connectivity index (χ1) is 15.0. The topological polar surface area (TPSA) is 67.4 Å². The van der Waals surface area contributed by atoms with Gasteiger partial charge in [0.05, 0.1) is 0 Å². The Balaban J connectivity index is 1.23. The number of hydrazine groups is 1. The van der Waals surface area contributed by atoms with E-state index < -0.39 is 5.91 Å². The van der Waals surface area contributed by atoms with Crippen LogP contribution in [-0.4, -0.2) is 11.8 Å².